The van der Waals surface area contributed by atoms with Gasteiger partial charge in [-0.3, -0.25) is 0 Å². The standard InChI is InChI=1S/C55H39BN4/c1-38-28-30-42(31-29-38)59-51-25-14-12-23-47(51)56-48-34-32-44(37-54(48)60(41-20-9-4-10-21-41)53-27-15-26-52(59)55(53)56)57(39-16-5-2-6-17-39)43-33-35-50-46(36-43)45-22-11-13-24-49(45)58(50)40-18-7-3-8-19-40/h2-37H,1H3. The summed E-state index contributed by atoms with van der Waals surface area (Å²) in [5.41, 5.74) is 19.1. The van der Waals surface area contributed by atoms with Crippen molar-refractivity contribution in [3.05, 3.63) is 224 Å². The summed E-state index contributed by atoms with van der Waals surface area (Å²) in [5.74, 6) is 0. The summed E-state index contributed by atoms with van der Waals surface area (Å²) in [6, 6.07) is 79.9. The van der Waals surface area contributed by atoms with Crippen molar-refractivity contribution in [2.24, 2.45) is 0 Å². The summed E-state index contributed by atoms with van der Waals surface area (Å²) in [4.78, 5) is 7.35. The number of hydrogen-bond donors (Lipinski definition) is 0. The van der Waals surface area contributed by atoms with Crippen LogP contribution in [-0.2, 0) is 0 Å². The minimum atomic E-state index is 0.0451. The van der Waals surface area contributed by atoms with Crippen molar-refractivity contribution in [2.45, 2.75) is 6.92 Å². The number of fused-ring (bicyclic) bond motifs is 7. The third kappa shape index (κ3) is 5.26. The van der Waals surface area contributed by atoms with E-state index < -0.39 is 0 Å². The Morgan fingerprint density at radius 3 is 1.68 bits per heavy atom. The van der Waals surface area contributed by atoms with E-state index in [1.807, 2.05) is 0 Å². The number of aryl methyl sites for hydroxylation is 1. The second-order valence-corrected chi connectivity index (χ2v) is 15.8. The smallest absolute Gasteiger partial charge is 0.252 e. The molecule has 0 radical (unpaired) electrons. The van der Waals surface area contributed by atoms with Crippen LogP contribution in [0.25, 0.3) is 27.5 Å². The Morgan fingerprint density at radius 2 is 0.917 bits per heavy atom. The topological polar surface area (TPSA) is 14.7 Å². The zero-order chi connectivity index (χ0) is 39.7. The first-order valence-corrected chi connectivity index (χ1v) is 20.7. The molecule has 0 unspecified atom stereocenters. The van der Waals surface area contributed by atoms with Crippen molar-refractivity contribution in [1.29, 1.82) is 0 Å². The molecule has 0 spiro atoms. The molecule has 0 saturated heterocycles. The highest BCUT2D eigenvalue weighted by Gasteiger charge is 2.43. The maximum Gasteiger partial charge on any atom is 0.252 e. The van der Waals surface area contributed by atoms with Crippen LogP contribution in [-0.4, -0.2) is 11.3 Å². The number of nitrogens with zero attached hydrogens (tertiary/aromatic N) is 4. The first kappa shape index (κ1) is 34.3. The normalized spacial score (nSPS) is 12.7. The maximum absolute atomic E-state index is 2.48. The summed E-state index contributed by atoms with van der Waals surface area (Å²) in [7, 11) is 0. The van der Waals surface area contributed by atoms with E-state index in [1.54, 1.807) is 0 Å². The zero-order valence-electron chi connectivity index (χ0n) is 33.2. The first-order valence-electron chi connectivity index (χ1n) is 20.7. The summed E-state index contributed by atoms with van der Waals surface area (Å²) in [6.07, 6.45) is 0. The van der Waals surface area contributed by atoms with Gasteiger partial charge in [0.15, 0.2) is 0 Å². The van der Waals surface area contributed by atoms with E-state index in [0.717, 1.165) is 34.1 Å². The highest BCUT2D eigenvalue weighted by molar-refractivity contribution is 7.00. The molecule has 0 bridgehead atoms. The average Bonchev–Trinajstić information content (AvgIpc) is 3.64. The van der Waals surface area contributed by atoms with Crippen molar-refractivity contribution in [1.82, 2.24) is 4.57 Å². The predicted molar refractivity (Wildman–Crippen MR) is 254 cm³/mol. The van der Waals surface area contributed by atoms with Gasteiger partial charge in [-0.25, -0.2) is 0 Å². The Kier molecular flexibility index (Phi) is 7.82. The van der Waals surface area contributed by atoms with Gasteiger partial charge in [0, 0.05) is 67.6 Å². The van der Waals surface area contributed by atoms with Crippen molar-refractivity contribution in [3.63, 3.8) is 0 Å². The van der Waals surface area contributed by atoms with E-state index in [4.69, 9.17) is 0 Å². The van der Waals surface area contributed by atoms with E-state index >= 15 is 0 Å². The van der Waals surface area contributed by atoms with Gasteiger partial charge in [0.1, 0.15) is 0 Å². The Labute approximate surface area is 350 Å². The molecule has 0 saturated carbocycles. The largest absolute Gasteiger partial charge is 0.311 e. The molecule has 3 heterocycles. The van der Waals surface area contributed by atoms with Crippen LogP contribution in [0.5, 0.6) is 0 Å². The van der Waals surface area contributed by atoms with Crippen LogP contribution in [0.2, 0.25) is 0 Å². The Morgan fingerprint density at radius 1 is 0.367 bits per heavy atom. The van der Waals surface area contributed by atoms with Crippen molar-refractivity contribution < 1.29 is 0 Å². The molecule has 1 aromatic heterocycles. The minimum absolute atomic E-state index is 0.0451. The molecule has 12 rings (SSSR count). The molecule has 2 aliphatic rings. The third-order valence-electron chi connectivity index (χ3n) is 12.4. The van der Waals surface area contributed by atoms with Gasteiger partial charge in [-0.05, 0) is 126 Å². The number of para-hydroxylation sites is 5. The van der Waals surface area contributed by atoms with Crippen LogP contribution in [0, 0.1) is 6.92 Å². The van der Waals surface area contributed by atoms with Crippen LogP contribution in [0.3, 0.4) is 0 Å². The summed E-state index contributed by atoms with van der Waals surface area (Å²) in [6.45, 7) is 2.20. The number of rotatable bonds is 6. The molecule has 2 aliphatic heterocycles. The monoisotopic (exact) mass is 766 g/mol. The van der Waals surface area contributed by atoms with Crippen LogP contribution >= 0.6 is 0 Å². The molecule has 5 heteroatoms. The summed E-state index contributed by atoms with van der Waals surface area (Å²) < 4.78 is 2.38. The lowest BCUT2D eigenvalue weighted by Crippen LogP contribution is -2.61. The molecule has 9 aromatic carbocycles. The van der Waals surface area contributed by atoms with Gasteiger partial charge >= 0.3 is 0 Å². The molecule has 282 valence electrons. The molecular weight excluding hydrogens is 727 g/mol. The van der Waals surface area contributed by atoms with E-state index in [2.05, 4.69) is 245 Å². The molecule has 0 fully saturated rings. The van der Waals surface area contributed by atoms with Gasteiger partial charge in [0.25, 0.3) is 6.71 Å². The molecular formula is C55H39BN4. The fourth-order valence-electron chi connectivity index (χ4n) is 9.82. The number of aromatic nitrogens is 1. The molecule has 0 atom stereocenters. The van der Waals surface area contributed by atoms with Crippen LogP contribution in [0.1, 0.15) is 5.56 Å². The zero-order valence-corrected chi connectivity index (χ0v) is 33.2. The molecule has 0 N–H and O–H groups in total. The number of hydrogen-bond acceptors (Lipinski definition) is 3. The van der Waals surface area contributed by atoms with Gasteiger partial charge in [0.2, 0.25) is 0 Å². The highest BCUT2D eigenvalue weighted by Crippen LogP contribution is 2.46. The Balaban J connectivity index is 1.08. The van der Waals surface area contributed by atoms with Gasteiger partial charge in [-0.15, -0.1) is 0 Å². The quantitative estimate of drug-likeness (QED) is 0.157. The molecule has 60 heavy (non-hydrogen) atoms. The van der Waals surface area contributed by atoms with Crippen molar-refractivity contribution in [3.8, 4) is 5.69 Å². The van der Waals surface area contributed by atoms with E-state index in [1.165, 1.54) is 66.5 Å². The molecule has 0 aliphatic carbocycles. The van der Waals surface area contributed by atoms with E-state index in [9.17, 15) is 0 Å². The van der Waals surface area contributed by atoms with Gasteiger partial charge < -0.3 is 19.3 Å². The second kappa shape index (κ2) is 13.7. The van der Waals surface area contributed by atoms with Crippen LogP contribution < -0.4 is 31.1 Å². The van der Waals surface area contributed by atoms with Crippen molar-refractivity contribution >= 4 is 96.1 Å². The minimum Gasteiger partial charge on any atom is -0.311 e. The molecule has 10 aromatic rings. The fraction of sp³-hybridized carbons (Fsp3) is 0.0182. The fourth-order valence-corrected chi connectivity index (χ4v) is 9.82. The second-order valence-electron chi connectivity index (χ2n) is 15.8. The van der Waals surface area contributed by atoms with Gasteiger partial charge in [-0.1, -0.05) is 121 Å². The predicted octanol–water partition coefficient (Wildman–Crippen LogP) is 12.6. The lowest BCUT2D eigenvalue weighted by molar-refractivity contribution is 1.18. The highest BCUT2D eigenvalue weighted by atomic mass is 15.2. The Bertz CT molecular complexity index is 3230. The Hall–Kier alpha value is -7.76. The first-order chi connectivity index (χ1) is 29.7. The lowest BCUT2D eigenvalue weighted by atomic mass is 9.33. The average molecular weight is 767 g/mol. The molecule has 0 amide bonds. The number of anilines is 9. The van der Waals surface area contributed by atoms with Crippen LogP contribution in [0.4, 0.5) is 51.2 Å². The van der Waals surface area contributed by atoms with E-state index in [-0.39, 0.29) is 6.71 Å². The lowest BCUT2D eigenvalue weighted by Gasteiger charge is -2.44. The van der Waals surface area contributed by atoms with Crippen molar-refractivity contribution in [2.75, 3.05) is 14.7 Å². The number of benzene rings is 9. The van der Waals surface area contributed by atoms with E-state index in [0.29, 0.717) is 0 Å². The van der Waals surface area contributed by atoms with Gasteiger partial charge in [0.05, 0.1) is 11.0 Å². The summed E-state index contributed by atoms with van der Waals surface area (Å²) >= 11 is 0. The third-order valence-corrected chi connectivity index (χ3v) is 12.4. The summed E-state index contributed by atoms with van der Waals surface area (Å²) in [5, 5.41) is 2.45. The maximum atomic E-state index is 2.48. The SMILES string of the molecule is Cc1ccc(N2c3ccccc3B3c4ccc(N(c5ccccc5)c5ccc6c(c5)c5ccccc5n6-c5ccccc5)cc4N(c4ccccc4)c4cccc2c43)cc1. The molecule has 4 nitrogen and oxygen atoms in total. The van der Waals surface area contributed by atoms with Gasteiger partial charge in [-0.2, -0.15) is 0 Å². The van der Waals surface area contributed by atoms with Crippen LogP contribution in [0.15, 0.2) is 218 Å².